The van der Waals surface area contributed by atoms with E-state index in [0.29, 0.717) is 18.8 Å². The molecule has 19 heavy (non-hydrogen) atoms. The lowest BCUT2D eigenvalue weighted by molar-refractivity contribution is 0.165. The summed E-state index contributed by atoms with van der Waals surface area (Å²) in [6, 6.07) is 3.48. The highest BCUT2D eigenvalue weighted by Gasteiger charge is 2.17. The molecule has 2 rings (SSSR count). The lowest BCUT2D eigenvalue weighted by atomic mass is 10.1. The van der Waals surface area contributed by atoms with Gasteiger partial charge in [-0.2, -0.15) is 4.98 Å². The first kappa shape index (κ1) is 13.6. The minimum absolute atomic E-state index is 0.0374. The Bertz CT molecular complexity index is 499. The number of nitrogens with zero attached hydrogens (tertiary/aromatic N) is 2. The summed E-state index contributed by atoms with van der Waals surface area (Å²) < 4.78 is 31.3. The average Bonchev–Trinajstić information content (AvgIpc) is 2.87. The predicted octanol–water partition coefficient (Wildman–Crippen LogP) is 1.21. The smallest absolute Gasteiger partial charge is 0.213 e. The number of halogens is 2. The van der Waals surface area contributed by atoms with E-state index in [2.05, 4.69) is 20.0 Å². The van der Waals surface area contributed by atoms with Crippen molar-refractivity contribution < 1.29 is 18.4 Å². The van der Waals surface area contributed by atoms with Crippen molar-refractivity contribution in [2.45, 2.75) is 12.5 Å². The molecule has 0 saturated heterocycles. The van der Waals surface area contributed by atoms with Gasteiger partial charge in [0.1, 0.15) is 11.6 Å². The number of aromatic nitrogens is 2. The summed E-state index contributed by atoms with van der Waals surface area (Å²) in [5, 5.41) is 16.2. The van der Waals surface area contributed by atoms with Gasteiger partial charge in [0, 0.05) is 19.5 Å². The molecule has 0 bridgehead atoms. The van der Waals surface area contributed by atoms with Crippen LogP contribution in [0.1, 0.15) is 17.5 Å². The maximum Gasteiger partial charge on any atom is 0.213 e. The second-order valence-electron chi connectivity index (χ2n) is 3.95. The fourth-order valence-corrected chi connectivity index (χ4v) is 1.67. The lowest BCUT2D eigenvalue weighted by Gasteiger charge is -2.13. The lowest BCUT2D eigenvalue weighted by Crippen LogP contribution is -2.25. The second kappa shape index (κ2) is 6.35. The van der Waals surface area contributed by atoms with Gasteiger partial charge in [-0.25, -0.2) is 8.78 Å². The first-order valence-corrected chi connectivity index (χ1v) is 5.76. The molecule has 0 fully saturated rings. The summed E-state index contributed by atoms with van der Waals surface area (Å²) in [5.41, 5.74) is -0.324. The molecule has 2 N–H and O–H groups in total. The molecule has 0 aliphatic rings. The molecule has 0 aliphatic carbocycles. The van der Waals surface area contributed by atoms with Gasteiger partial charge in [-0.1, -0.05) is 11.2 Å². The van der Waals surface area contributed by atoms with Crippen molar-refractivity contribution in [3.63, 3.8) is 0 Å². The predicted molar refractivity (Wildman–Crippen MR) is 62.2 cm³/mol. The molecular formula is C12H13F2N3O2. The summed E-state index contributed by atoms with van der Waals surface area (Å²) in [4.78, 5) is 3.82. The Morgan fingerprint density at radius 2 is 2.05 bits per heavy atom. The van der Waals surface area contributed by atoms with E-state index in [-0.39, 0.29) is 12.1 Å². The van der Waals surface area contributed by atoms with Crippen LogP contribution < -0.4 is 5.32 Å². The molecule has 1 aromatic carbocycles. The van der Waals surface area contributed by atoms with Crippen LogP contribution in [0.3, 0.4) is 0 Å². The first-order chi connectivity index (χ1) is 9.18. The second-order valence-corrected chi connectivity index (χ2v) is 3.95. The molecule has 1 heterocycles. The SMILES string of the molecule is OC(CNCCc1ncon1)c1c(F)cccc1F. The summed E-state index contributed by atoms with van der Waals surface area (Å²) >= 11 is 0. The molecule has 1 atom stereocenters. The summed E-state index contributed by atoms with van der Waals surface area (Å²) in [6.07, 6.45) is 0.480. The zero-order valence-electron chi connectivity index (χ0n) is 10.0. The molecule has 0 amide bonds. The number of aliphatic hydroxyl groups excluding tert-OH is 1. The minimum Gasteiger partial charge on any atom is -0.387 e. The largest absolute Gasteiger partial charge is 0.387 e. The summed E-state index contributed by atoms with van der Waals surface area (Å²) in [5.74, 6) is -0.987. The van der Waals surface area contributed by atoms with Gasteiger partial charge in [-0.15, -0.1) is 0 Å². The van der Waals surface area contributed by atoms with Crippen molar-refractivity contribution in [2.24, 2.45) is 0 Å². The molecule has 0 spiro atoms. The minimum atomic E-state index is -1.24. The highest BCUT2D eigenvalue weighted by Crippen LogP contribution is 2.19. The Balaban J connectivity index is 1.82. The third-order valence-electron chi connectivity index (χ3n) is 2.60. The first-order valence-electron chi connectivity index (χ1n) is 5.76. The van der Waals surface area contributed by atoms with Crippen molar-refractivity contribution in [2.75, 3.05) is 13.1 Å². The van der Waals surface area contributed by atoms with Crippen LogP contribution in [-0.2, 0) is 6.42 Å². The molecule has 7 heteroatoms. The van der Waals surface area contributed by atoms with Crippen LogP contribution in [0.2, 0.25) is 0 Å². The van der Waals surface area contributed by atoms with E-state index in [1.807, 2.05) is 0 Å². The molecule has 0 saturated carbocycles. The van der Waals surface area contributed by atoms with E-state index < -0.39 is 17.7 Å². The van der Waals surface area contributed by atoms with E-state index in [9.17, 15) is 13.9 Å². The number of hydrogen-bond acceptors (Lipinski definition) is 5. The van der Waals surface area contributed by atoms with Gasteiger partial charge in [0.25, 0.3) is 0 Å². The van der Waals surface area contributed by atoms with Crippen LogP contribution in [0, 0.1) is 11.6 Å². The van der Waals surface area contributed by atoms with Crippen LogP contribution in [0.25, 0.3) is 0 Å². The van der Waals surface area contributed by atoms with Gasteiger partial charge in [0.15, 0.2) is 5.82 Å². The standard InChI is InChI=1S/C12H13F2N3O2/c13-8-2-1-3-9(14)12(8)10(18)6-15-5-4-11-16-7-19-17-11/h1-3,7,10,15,18H,4-6H2. The van der Waals surface area contributed by atoms with E-state index >= 15 is 0 Å². The highest BCUT2D eigenvalue weighted by atomic mass is 19.1. The third-order valence-corrected chi connectivity index (χ3v) is 2.60. The molecule has 2 aromatic rings. The zero-order chi connectivity index (χ0) is 13.7. The number of hydrogen-bond donors (Lipinski definition) is 2. The summed E-state index contributed by atoms with van der Waals surface area (Å²) in [6.45, 7) is 0.502. The fourth-order valence-electron chi connectivity index (χ4n) is 1.67. The van der Waals surface area contributed by atoms with Gasteiger partial charge in [0.2, 0.25) is 6.39 Å². The monoisotopic (exact) mass is 269 g/mol. The van der Waals surface area contributed by atoms with Crippen molar-refractivity contribution in [3.05, 3.63) is 47.6 Å². The van der Waals surface area contributed by atoms with Gasteiger partial charge in [-0.3, -0.25) is 0 Å². The van der Waals surface area contributed by atoms with E-state index in [0.717, 1.165) is 12.1 Å². The van der Waals surface area contributed by atoms with Gasteiger partial charge >= 0.3 is 0 Å². The van der Waals surface area contributed by atoms with E-state index in [1.165, 1.54) is 12.5 Å². The molecule has 5 nitrogen and oxygen atoms in total. The molecule has 1 unspecified atom stereocenters. The maximum absolute atomic E-state index is 13.4. The van der Waals surface area contributed by atoms with Crippen LogP contribution in [0.4, 0.5) is 8.78 Å². The third kappa shape index (κ3) is 3.55. The number of aliphatic hydroxyl groups is 1. The Kier molecular flexibility index (Phi) is 4.53. The maximum atomic E-state index is 13.4. The fraction of sp³-hybridized carbons (Fsp3) is 0.333. The van der Waals surface area contributed by atoms with Crippen molar-refractivity contribution >= 4 is 0 Å². The Morgan fingerprint density at radius 1 is 1.32 bits per heavy atom. The van der Waals surface area contributed by atoms with Crippen molar-refractivity contribution in [1.29, 1.82) is 0 Å². The highest BCUT2D eigenvalue weighted by molar-refractivity contribution is 5.22. The van der Waals surface area contributed by atoms with Crippen LogP contribution in [0.15, 0.2) is 29.1 Å². The van der Waals surface area contributed by atoms with E-state index in [1.54, 1.807) is 0 Å². The van der Waals surface area contributed by atoms with E-state index in [4.69, 9.17) is 0 Å². The topological polar surface area (TPSA) is 71.2 Å². The number of rotatable bonds is 6. The Hall–Kier alpha value is -1.86. The normalized spacial score (nSPS) is 12.6. The molecule has 0 radical (unpaired) electrons. The van der Waals surface area contributed by atoms with Crippen LogP contribution in [0.5, 0.6) is 0 Å². The Morgan fingerprint density at radius 3 is 2.68 bits per heavy atom. The number of nitrogens with one attached hydrogen (secondary N) is 1. The average molecular weight is 269 g/mol. The molecular weight excluding hydrogens is 256 g/mol. The Labute approximate surface area is 108 Å². The quantitative estimate of drug-likeness (QED) is 0.771. The van der Waals surface area contributed by atoms with Crippen LogP contribution >= 0.6 is 0 Å². The zero-order valence-corrected chi connectivity index (χ0v) is 10.0. The van der Waals surface area contributed by atoms with Crippen LogP contribution in [-0.4, -0.2) is 28.3 Å². The van der Waals surface area contributed by atoms with Gasteiger partial charge < -0.3 is 14.9 Å². The van der Waals surface area contributed by atoms with Crippen molar-refractivity contribution in [1.82, 2.24) is 15.5 Å². The molecule has 0 aliphatic heterocycles. The van der Waals surface area contributed by atoms with Gasteiger partial charge in [0.05, 0.1) is 11.7 Å². The summed E-state index contributed by atoms with van der Waals surface area (Å²) in [7, 11) is 0. The van der Waals surface area contributed by atoms with Crippen molar-refractivity contribution in [3.8, 4) is 0 Å². The number of benzene rings is 1. The molecule has 102 valence electrons. The molecule has 1 aromatic heterocycles. The van der Waals surface area contributed by atoms with Gasteiger partial charge in [-0.05, 0) is 12.1 Å².